The van der Waals surface area contributed by atoms with Crippen molar-refractivity contribution in [3.63, 3.8) is 0 Å². The summed E-state index contributed by atoms with van der Waals surface area (Å²) in [6.07, 6.45) is 24.7. The van der Waals surface area contributed by atoms with Crippen molar-refractivity contribution in [3.05, 3.63) is 48.6 Å². The first kappa shape index (κ1) is 14.5. The predicted molar refractivity (Wildman–Crippen MR) is 94.3 cm³/mol. The van der Waals surface area contributed by atoms with Gasteiger partial charge in [0.15, 0.2) is 0 Å². The summed E-state index contributed by atoms with van der Waals surface area (Å²) in [6, 6.07) is 0. The molecule has 22 heavy (non-hydrogen) atoms. The fourth-order valence-electron chi connectivity index (χ4n) is 6.04. The topological polar surface area (TPSA) is 0 Å². The summed E-state index contributed by atoms with van der Waals surface area (Å²) >= 11 is 0. The van der Waals surface area contributed by atoms with E-state index in [-0.39, 0.29) is 0 Å². The molecule has 0 heterocycles. The van der Waals surface area contributed by atoms with Gasteiger partial charge < -0.3 is 0 Å². The monoisotopic (exact) mass is 294 g/mol. The zero-order valence-corrected chi connectivity index (χ0v) is 14.1. The second kappa shape index (κ2) is 5.87. The molecule has 4 aliphatic rings. The lowest BCUT2D eigenvalue weighted by Crippen LogP contribution is -2.20. The van der Waals surface area contributed by atoms with Crippen LogP contribution in [0.4, 0.5) is 0 Å². The highest BCUT2D eigenvalue weighted by Crippen LogP contribution is 2.50. The van der Waals surface area contributed by atoms with Gasteiger partial charge in [-0.1, -0.05) is 62.5 Å². The van der Waals surface area contributed by atoms with Crippen LogP contribution in [0, 0.1) is 47.3 Å². The third-order valence-corrected chi connectivity index (χ3v) is 7.17. The van der Waals surface area contributed by atoms with E-state index < -0.39 is 0 Å². The average molecular weight is 294 g/mol. The Hall–Kier alpha value is -1.04. The zero-order chi connectivity index (χ0) is 15.1. The molecule has 0 amide bonds. The van der Waals surface area contributed by atoms with E-state index in [1.165, 1.54) is 25.7 Å². The van der Waals surface area contributed by atoms with Gasteiger partial charge in [-0.05, 0) is 73.0 Å². The Morgan fingerprint density at radius 3 is 1.50 bits per heavy atom. The molecule has 118 valence electrons. The first-order chi connectivity index (χ1) is 10.7. The van der Waals surface area contributed by atoms with Crippen molar-refractivity contribution in [1.29, 1.82) is 0 Å². The van der Waals surface area contributed by atoms with Gasteiger partial charge in [-0.25, -0.2) is 0 Å². The predicted octanol–water partition coefficient (Wildman–Crippen LogP) is 5.80. The molecule has 0 heteroatoms. The molecule has 2 fully saturated rings. The summed E-state index contributed by atoms with van der Waals surface area (Å²) in [5, 5.41) is 0. The molecule has 0 nitrogen and oxygen atoms in total. The summed E-state index contributed by atoms with van der Waals surface area (Å²) in [6.45, 7) is 4.99. The van der Waals surface area contributed by atoms with Crippen LogP contribution < -0.4 is 0 Å². The second-order valence-corrected chi connectivity index (χ2v) is 8.35. The normalized spacial score (nSPS) is 48.6. The van der Waals surface area contributed by atoms with Crippen molar-refractivity contribution >= 4 is 0 Å². The van der Waals surface area contributed by atoms with Crippen molar-refractivity contribution in [3.8, 4) is 0 Å². The van der Waals surface area contributed by atoms with Crippen LogP contribution in [-0.4, -0.2) is 0 Å². The van der Waals surface area contributed by atoms with Crippen molar-refractivity contribution < 1.29 is 0 Å². The summed E-state index contributed by atoms with van der Waals surface area (Å²) in [5.74, 6) is 6.95. The Bertz CT molecular complexity index is 472. The molecule has 4 aliphatic carbocycles. The number of hydrogen-bond donors (Lipinski definition) is 0. The summed E-state index contributed by atoms with van der Waals surface area (Å²) in [4.78, 5) is 0. The molecular formula is C22H30. The van der Waals surface area contributed by atoms with Crippen LogP contribution in [-0.2, 0) is 0 Å². The molecule has 6 unspecified atom stereocenters. The SMILES string of the molecule is CC1CC2C=CC=CC2C1CC[C@@H]1C2C=CC=CC2C[C@@H]1C. The molecule has 0 N–H and O–H groups in total. The quantitative estimate of drug-likeness (QED) is 0.617. The molecular weight excluding hydrogens is 264 g/mol. The van der Waals surface area contributed by atoms with Crippen LogP contribution in [0.2, 0.25) is 0 Å². The highest BCUT2D eigenvalue weighted by molar-refractivity contribution is 5.19. The summed E-state index contributed by atoms with van der Waals surface area (Å²) < 4.78 is 0. The van der Waals surface area contributed by atoms with Gasteiger partial charge in [0.05, 0.1) is 0 Å². The lowest BCUT2D eigenvalue weighted by molar-refractivity contribution is 0.259. The average Bonchev–Trinajstić information content (AvgIpc) is 3.01. The smallest absolute Gasteiger partial charge is 0.0136 e. The van der Waals surface area contributed by atoms with E-state index in [1.54, 1.807) is 0 Å². The standard InChI is InChI=1S/C22H30/c1-15-13-17-7-3-5-9-21(17)19(15)11-12-20-16(2)14-18-8-4-6-10-22(18)20/h3-10,15-22H,11-14H2,1-2H3/t15-,16?,17?,18?,19-,20?,21?,22?/m0/s1. The van der Waals surface area contributed by atoms with E-state index in [0.717, 1.165) is 47.3 Å². The molecule has 8 atom stereocenters. The lowest BCUT2D eigenvalue weighted by atomic mass is 9.77. The van der Waals surface area contributed by atoms with Crippen LogP contribution in [0.1, 0.15) is 39.5 Å². The van der Waals surface area contributed by atoms with Gasteiger partial charge in [0.25, 0.3) is 0 Å². The third kappa shape index (κ3) is 2.45. The highest BCUT2D eigenvalue weighted by atomic mass is 14.5. The maximum absolute atomic E-state index is 2.50. The summed E-state index contributed by atoms with van der Waals surface area (Å²) in [5.41, 5.74) is 0. The van der Waals surface area contributed by atoms with Crippen LogP contribution in [0.3, 0.4) is 0 Å². The molecule has 0 aromatic heterocycles. The molecule has 0 saturated heterocycles. The number of fused-ring (bicyclic) bond motifs is 2. The third-order valence-electron chi connectivity index (χ3n) is 7.17. The largest absolute Gasteiger partial charge is 0.0808 e. The van der Waals surface area contributed by atoms with Gasteiger partial charge in [0.1, 0.15) is 0 Å². The fourth-order valence-corrected chi connectivity index (χ4v) is 6.04. The maximum Gasteiger partial charge on any atom is -0.0136 e. The summed E-state index contributed by atoms with van der Waals surface area (Å²) in [7, 11) is 0. The van der Waals surface area contributed by atoms with Gasteiger partial charge in [0, 0.05) is 0 Å². The molecule has 0 spiro atoms. The van der Waals surface area contributed by atoms with Gasteiger partial charge in [0.2, 0.25) is 0 Å². The van der Waals surface area contributed by atoms with Gasteiger partial charge in [-0.2, -0.15) is 0 Å². The fraction of sp³-hybridized carbons (Fsp3) is 0.636. The van der Waals surface area contributed by atoms with Crippen molar-refractivity contribution in [2.24, 2.45) is 47.3 Å². The van der Waals surface area contributed by atoms with Crippen molar-refractivity contribution in [1.82, 2.24) is 0 Å². The molecule has 0 aliphatic heterocycles. The van der Waals surface area contributed by atoms with Crippen molar-refractivity contribution in [2.75, 3.05) is 0 Å². The van der Waals surface area contributed by atoms with Gasteiger partial charge in [-0.3, -0.25) is 0 Å². The molecule has 0 aromatic carbocycles. The van der Waals surface area contributed by atoms with Crippen LogP contribution in [0.5, 0.6) is 0 Å². The number of rotatable bonds is 3. The molecule has 0 bridgehead atoms. The highest BCUT2D eigenvalue weighted by Gasteiger charge is 2.42. The number of hydrogen-bond acceptors (Lipinski definition) is 0. The second-order valence-electron chi connectivity index (χ2n) is 8.35. The molecule has 2 saturated carbocycles. The minimum absolute atomic E-state index is 0.828. The van der Waals surface area contributed by atoms with E-state index in [1.807, 2.05) is 0 Å². The Labute approximate surface area is 136 Å². The zero-order valence-electron chi connectivity index (χ0n) is 14.1. The number of allylic oxidation sites excluding steroid dienone is 8. The minimum atomic E-state index is 0.828. The van der Waals surface area contributed by atoms with Crippen LogP contribution >= 0.6 is 0 Å². The van der Waals surface area contributed by atoms with E-state index in [4.69, 9.17) is 0 Å². The van der Waals surface area contributed by atoms with E-state index in [0.29, 0.717) is 0 Å². The van der Waals surface area contributed by atoms with Crippen LogP contribution in [0.25, 0.3) is 0 Å². The molecule has 4 rings (SSSR count). The first-order valence-electron chi connectivity index (χ1n) is 9.44. The Morgan fingerprint density at radius 2 is 1.05 bits per heavy atom. The lowest BCUT2D eigenvalue weighted by Gasteiger charge is -2.28. The molecule has 0 aromatic rings. The Balaban J connectivity index is 1.42. The van der Waals surface area contributed by atoms with E-state index in [9.17, 15) is 0 Å². The maximum atomic E-state index is 2.50. The van der Waals surface area contributed by atoms with Gasteiger partial charge in [-0.15, -0.1) is 0 Å². The van der Waals surface area contributed by atoms with E-state index in [2.05, 4.69) is 62.5 Å². The Kier molecular flexibility index (Phi) is 3.88. The van der Waals surface area contributed by atoms with Gasteiger partial charge >= 0.3 is 0 Å². The Morgan fingerprint density at radius 1 is 0.636 bits per heavy atom. The molecule has 0 radical (unpaired) electrons. The van der Waals surface area contributed by atoms with Crippen molar-refractivity contribution in [2.45, 2.75) is 39.5 Å². The van der Waals surface area contributed by atoms with E-state index >= 15 is 0 Å². The minimum Gasteiger partial charge on any atom is -0.0808 e. The first-order valence-corrected chi connectivity index (χ1v) is 9.44. The van der Waals surface area contributed by atoms with Crippen LogP contribution in [0.15, 0.2) is 48.6 Å².